The number of carbonyl (C=O) groups is 1. The van der Waals surface area contributed by atoms with Gasteiger partial charge >= 0.3 is 0 Å². The Labute approximate surface area is 116 Å². The van der Waals surface area contributed by atoms with Crippen molar-refractivity contribution in [1.29, 1.82) is 0 Å². The summed E-state index contributed by atoms with van der Waals surface area (Å²) in [6.45, 7) is 3.30. The van der Waals surface area contributed by atoms with Crippen molar-refractivity contribution in [2.75, 3.05) is 19.8 Å². The van der Waals surface area contributed by atoms with Gasteiger partial charge in [-0.2, -0.15) is 0 Å². The molecule has 0 saturated carbocycles. The first kappa shape index (κ1) is 14.1. The van der Waals surface area contributed by atoms with Crippen LogP contribution in [-0.2, 0) is 4.74 Å². The minimum atomic E-state index is -0.168. The molecule has 1 fully saturated rings. The maximum Gasteiger partial charge on any atom is 0.261 e. The quantitative estimate of drug-likeness (QED) is 0.819. The second-order valence-electron chi connectivity index (χ2n) is 4.46. The molecular weight excluding hydrogens is 262 g/mol. The monoisotopic (exact) mass is 279 g/mol. The van der Waals surface area contributed by atoms with Crippen molar-refractivity contribution in [1.82, 2.24) is 5.32 Å². The topological polar surface area (TPSA) is 58.6 Å². The number of amides is 1. The van der Waals surface area contributed by atoms with Gasteiger partial charge in [0.2, 0.25) is 0 Å². The minimum Gasteiger partial charge on any atom is -0.384 e. The van der Waals surface area contributed by atoms with Crippen molar-refractivity contribution in [3.63, 3.8) is 0 Å². The Kier molecular flexibility index (Phi) is 4.97. The van der Waals surface area contributed by atoms with Crippen molar-refractivity contribution >= 4 is 17.2 Å². The number of rotatable bonds is 3. The van der Waals surface area contributed by atoms with E-state index in [2.05, 4.69) is 17.2 Å². The standard InChI is InChI=1S/C14H17NO3S/c1-10-11(6-8-18-10)9-15-14(17)13-5-4-12(19-13)3-2-7-16/h4-5,10-11,16H,6-9H2,1H3,(H,15,17). The molecule has 0 aliphatic carbocycles. The van der Waals surface area contributed by atoms with Gasteiger partial charge in [0.25, 0.3) is 5.91 Å². The van der Waals surface area contributed by atoms with E-state index in [1.165, 1.54) is 11.3 Å². The summed E-state index contributed by atoms with van der Waals surface area (Å²) in [6, 6.07) is 3.56. The molecule has 4 nitrogen and oxygen atoms in total. The minimum absolute atomic E-state index is 0.0684. The lowest BCUT2D eigenvalue weighted by atomic mass is 10.0. The van der Waals surface area contributed by atoms with Crippen LogP contribution < -0.4 is 5.32 Å². The van der Waals surface area contributed by atoms with Crippen molar-refractivity contribution in [3.05, 3.63) is 21.9 Å². The molecule has 1 aromatic rings. The van der Waals surface area contributed by atoms with Gasteiger partial charge in [-0.3, -0.25) is 4.79 Å². The van der Waals surface area contributed by atoms with Crippen LogP contribution in [0.3, 0.4) is 0 Å². The van der Waals surface area contributed by atoms with Crippen molar-refractivity contribution in [2.24, 2.45) is 5.92 Å². The van der Waals surface area contributed by atoms with Crippen molar-refractivity contribution < 1.29 is 14.6 Å². The number of thiophene rings is 1. The van der Waals surface area contributed by atoms with E-state index in [0.717, 1.165) is 17.9 Å². The van der Waals surface area contributed by atoms with Crippen LogP contribution in [0.25, 0.3) is 0 Å². The molecule has 2 rings (SSSR count). The summed E-state index contributed by atoms with van der Waals surface area (Å²) >= 11 is 1.34. The molecule has 2 N–H and O–H groups in total. The fraction of sp³-hybridized carbons (Fsp3) is 0.500. The first-order valence-electron chi connectivity index (χ1n) is 6.30. The third kappa shape index (κ3) is 3.80. The van der Waals surface area contributed by atoms with Gasteiger partial charge in [-0.15, -0.1) is 11.3 Å². The molecular formula is C14H17NO3S. The van der Waals surface area contributed by atoms with E-state index >= 15 is 0 Å². The summed E-state index contributed by atoms with van der Waals surface area (Å²) in [4.78, 5) is 13.4. The van der Waals surface area contributed by atoms with Gasteiger partial charge in [-0.1, -0.05) is 11.8 Å². The Hall–Kier alpha value is -1.35. The molecule has 1 aliphatic heterocycles. The molecule has 1 aliphatic rings. The second kappa shape index (κ2) is 6.71. The van der Waals surface area contributed by atoms with Gasteiger partial charge in [0.15, 0.2) is 0 Å². The highest BCUT2D eigenvalue weighted by Crippen LogP contribution is 2.20. The summed E-state index contributed by atoms with van der Waals surface area (Å²) in [5.74, 6) is 5.69. The number of ether oxygens (including phenoxy) is 1. The zero-order chi connectivity index (χ0) is 13.7. The number of hydrogen-bond acceptors (Lipinski definition) is 4. The zero-order valence-corrected chi connectivity index (χ0v) is 11.6. The third-order valence-corrected chi connectivity index (χ3v) is 4.18. The highest BCUT2D eigenvalue weighted by atomic mass is 32.1. The van der Waals surface area contributed by atoms with Crippen LogP contribution in [0.15, 0.2) is 12.1 Å². The third-order valence-electron chi connectivity index (χ3n) is 3.18. The molecule has 0 spiro atoms. The first-order chi connectivity index (χ1) is 9.20. The van der Waals surface area contributed by atoms with Gasteiger partial charge in [-0.05, 0) is 25.5 Å². The summed E-state index contributed by atoms with van der Waals surface area (Å²) in [5, 5.41) is 11.5. The molecule has 2 unspecified atom stereocenters. The maximum absolute atomic E-state index is 12.0. The van der Waals surface area contributed by atoms with Crippen LogP contribution in [-0.4, -0.2) is 36.9 Å². The molecule has 0 aromatic carbocycles. The summed E-state index contributed by atoms with van der Waals surface area (Å²) in [6.07, 6.45) is 1.22. The van der Waals surface area contributed by atoms with Crippen molar-refractivity contribution in [2.45, 2.75) is 19.4 Å². The Morgan fingerprint density at radius 3 is 3.16 bits per heavy atom. The van der Waals surface area contributed by atoms with E-state index in [-0.39, 0.29) is 18.6 Å². The maximum atomic E-state index is 12.0. The molecule has 19 heavy (non-hydrogen) atoms. The van der Waals surface area contributed by atoms with Gasteiger partial charge in [0.05, 0.1) is 15.9 Å². The average Bonchev–Trinajstić information content (AvgIpc) is 3.03. The van der Waals surface area contributed by atoms with E-state index in [9.17, 15) is 4.79 Å². The van der Waals surface area contributed by atoms with Crippen LogP contribution in [0.4, 0.5) is 0 Å². The van der Waals surface area contributed by atoms with E-state index < -0.39 is 0 Å². The van der Waals surface area contributed by atoms with Gasteiger partial charge in [0.1, 0.15) is 6.61 Å². The Bertz CT molecular complexity index is 500. The lowest BCUT2D eigenvalue weighted by Crippen LogP contribution is -2.31. The highest BCUT2D eigenvalue weighted by Gasteiger charge is 2.24. The van der Waals surface area contributed by atoms with E-state index in [4.69, 9.17) is 9.84 Å². The van der Waals surface area contributed by atoms with E-state index in [0.29, 0.717) is 17.3 Å². The van der Waals surface area contributed by atoms with E-state index in [1.807, 2.05) is 6.92 Å². The summed E-state index contributed by atoms with van der Waals surface area (Å²) in [5.41, 5.74) is 0. The van der Waals surface area contributed by atoms with Crippen LogP contribution in [0, 0.1) is 17.8 Å². The smallest absolute Gasteiger partial charge is 0.261 e. The Morgan fingerprint density at radius 2 is 2.47 bits per heavy atom. The summed E-state index contributed by atoms with van der Waals surface area (Å²) < 4.78 is 5.46. The number of aliphatic hydroxyl groups is 1. The molecule has 102 valence electrons. The molecule has 1 saturated heterocycles. The SMILES string of the molecule is CC1OCCC1CNC(=O)c1ccc(C#CCO)s1. The molecule has 5 heteroatoms. The summed E-state index contributed by atoms with van der Waals surface area (Å²) in [7, 11) is 0. The molecule has 1 aromatic heterocycles. The lowest BCUT2D eigenvalue weighted by molar-refractivity contribution is 0.0910. The molecule has 2 atom stereocenters. The predicted molar refractivity (Wildman–Crippen MR) is 74.1 cm³/mol. The number of hydrogen-bond donors (Lipinski definition) is 2. The number of nitrogens with one attached hydrogen (secondary N) is 1. The van der Waals surface area contributed by atoms with Gasteiger partial charge in [0, 0.05) is 19.1 Å². The number of carbonyl (C=O) groups excluding carboxylic acids is 1. The highest BCUT2D eigenvalue weighted by molar-refractivity contribution is 7.14. The second-order valence-corrected chi connectivity index (χ2v) is 5.54. The fourth-order valence-corrected chi connectivity index (χ4v) is 2.81. The Morgan fingerprint density at radius 1 is 1.63 bits per heavy atom. The van der Waals surface area contributed by atoms with Crippen LogP contribution in [0.2, 0.25) is 0 Å². The zero-order valence-electron chi connectivity index (χ0n) is 10.8. The van der Waals surface area contributed by atoms with E-state index in [1.54, 1.807) is 12.1 Å². The largest absolute Gasteiger partial charge is 0.384 e. The normalized spacial score (nSPS) is 21.8. The van der Waals surface area contributed by atoms with Gasteiger partial charge in [-0.25, -0.2) is 0 Å². The van der Waals surface area contributed by atoms with Crippen molar-refractivity contribution in [3.8, 4) is 11.8 Å². The Balaban J connectivity index is 1.87. The number of aliphatic hydroxyl groups excluding tert-OH is 1. The van der Waals surface area contributed by atoms with Crippen LogP contribution in [0.5, 0.6) is 0 Å². The molecule has 0 radical (unpaired) electrons. The molecule has 1 amide bonds. The first-order valence-corrected chi connectivity index (χ1v) is 7.11. The van der Waals surface area contributed by atoms with Crippen LogP contribution >= 0.6 is 11.3 Å². The lowest BCUT2D eigenvalue weighted by Gasteiger charge is -2.14. The van der Waals surface area contributed by atoms with Gasteiger partial charge < -0.3 is 15.2 Å². The predicted octanol–water partition coefficient (Wildman–Crippen LogP) is 1.25. The fourth-order valence-electron chi connectivity index (χ4n) is 2.01. The molecule has 2 heterocycles. The van der Waals surface area contributed by atoms with Crippen LogP contribution in [0.1, 0.15) is 27.9 Å². The molecule has 0 bridgehead atoms. The average molecular weight is 279 g/mol.